The SMILES string of the molecule is CC1(C)CC2CC(C)(CN2C(=O)c2cccc(S(C)(=O)=O)c2)C1. The Morgan fingerprint density at radius 3 is 2.57 bits per heavy atom. The van der Waals surface area contributed by atoms with E-state index in [4.69, 9.17) is 0 Å². The first-order valence-corrected chi connectivity index (χ1v) is 9.99. The van der Waals surface area contributed by atoms with Crippen LogP contribution in [0.2, 0.25) is 0 Å². The van der Waals surface area contributed by atoms with Crippen LogP contribution < -0.4 is 0 Å². The largest absolute Gasteiger partial charge is 0.335 e. The lowest BCUT2D eigenvalue weighted by Crippen LogP contribution is -2.37. The molecule has 2 bridgehead atoms. The Bertz CT molecular complexity index is 753. The number of hydrogen-bond donors (Lipinski definition) is 0. The number of rotatable bonds is 2. The van der Waals surface area contributed by atoms with Crippen molar-refractivity contribution in [3.8, 4) is 0 Å². The molecule has 1 saturated carbocycles. The van der Waals surface area contributed by atoms with Gasteiger partial charge in [0.1, 0.15) is 0 Å². The third-order valence-corrected chi connectivity index (χ3v) is 6.30. The van der Waals surface area contributed by atoms with E-state index in [0.717, 1.165) is 25.8 Å². The molecule has 4 nitrogen and oxygen atoms in total. The molecule has 126 valence electrons. The van der Waals surface area contributed by atoms with Crippen LogP contribution in [-0.4, -0.2) is 38.1 Å². The zero-order chi connectivity index (χ0) is 17.0. The summed E-state index contributed by atoms with van der Waals surface area (Å²) in [7, 11) is -3.30. The van der Waals surface area contributed by atoms with Gasteiger partial charge in [-0.1, -0.05) is 26.8 Å². The zero-order valence-corrected chi connectivity index (χ0v) is 15.1. The van der Waals surface area contributed by atoms with Gasteiger partial charge in [-0.25, -0.2) is 8.42 Å². The summed E-state index contributed by atoms with van der Waals surface area (Å²) in [6.45, 7) is 7.58. The molecule has 23 heavy (non-hydrogen) atoms. The van der Waals surface area contributed by atoms with Crippen molar-refractivity contribution in [3.05, 3.63) is 29.8 Å². The smallest absolute Gasteiger partial charge is 0.254 e. The summed E-state index contributed by atoms with van der Waals surface area (Å²) in [6.07, 6.45) is 4.36. The normalized spacial score (nSPS) is 29.6. The molecule has 1 saturated heterocycles. The number of fused-ring (bicyclic) bond motifs is 2. The Balaban J connectivity index is 1.90. The summed E-state index contributed by atoms with van der Waals surface area (Å²) in [5.41, 5.74) is 0.902. The second-order valence-corrected chi connectivity index (χ2v) is 10.5. The number of benzene rings is 1. The van der Waals surface area contributed by atoms with Crippen molar-refractivity contribution in [2.24, 2.45) is 10.8 Å². The van der Waals surface area contributed by atoms with E-state index < -0.39 is 9.84 Å². The van der Waals surface area contributed by atoms with Crippen LogP contribution >= 0.6 is 0 Å². The number of hydrogen-bond acceptors (Lipinski definition) is 3. The van der Waals surface area contributed by atoms with Crippen molar-refractivity contribution in [2.45, 2.75) is 51.0 Å². The van der Waals surface area contributed by atoms with E-state index in [1.807, 2.05) is 4.90 Å². The fourth-order valence-electron chi connectivity index (χ4n) is 4.72. The molecule has 2 aliphatic rings. The minimum absolute atomic E-state index is 0.0399. The maximum Gasteiger partial charge on any atom is 0.254 e. The molecule has 1 aliphatic carbocycles. The maximum absolute atomic E-state index is 13.0. The first kappa shape index (κ1) is 16.5. The van der Waals surface area contributed by atoms with Gasteiger partial charge < -0.3 is 4.90 Å². The maximum atomic E-state index is 13.0. The van der Waals surface area contributed by atoms with Gasteiger partial charge in [-0.05, 0) is 48.3 Å². The highest BCUT2D eigenvalue weighted by Crippen LogP contribution is 2.52. The number of carbonyl (C=O) groups excluding carboxylic acids is 1. The van der Waals surface area contributed by atoms with E-state index in [1.165, 1.54) is 12.3 Å². The molecule has 0 spiro atoms. The standard InChI is InChI=1S/C18H25NO3S/c1-17(2)9-14-10-18(3,11-17)12-19(14)16(20)13-6-5-7-15(8-13)23(4,21)22/h5-8,14H,9-12H2,1-4H3. The van der Waals surface area contributed by atoms with Gasteiger partial charge in [0.25, 0.3) is 5.91 Å². The van der Waals surface area contributed by atoms with E-state index in [1.54, 1.807) is 18.2 Å². The fraction of sp³-hybridized carbons (Fsp3) is 0.611. The molecule has 1 amide bonds. The van der Waals surface area contributed by atoms with Crippen LogP contribution in [0.3, 0.4) is 0 Å². The number of nitrogens with zero attached hydrogens (tertiary/aromatic N) is 1. The lowest BCUT2D eigenvalue weighted by molar-refractivity contribution is 0.0708. The molecule has 3 rings (SSSR count). The topological polar surface area (TPSA) is 54.5 Å². The number of sulfone groups is 1. The van der Waals surface area contributed by atoms with Crippen LogP contribution in [0, 0.1) is 10.8 Å². The van der Waals surface area contributed by atoms with E-state index in [2.05, 4.69) is 20.8 Å². The predicted molar refractivity (Wildman–Crippen MR) is 90.1 cm³/mol. The third-order valence-electron chi connectivity index (χ3n) is 5.18. The second kappa shape index (κ2) is 5.07. The Hall–Kier alpha value is -1.36. The molecule has 0 N–H and O–H groups in total. The van der Waals surface area contributed by atoms with E-state index >= 15 is 0 Å². The molecular weight excluding hydrogens is 310 g/mol. The van der Waals surface area contributed by atoms with Crippen LogP contribution in [0.15, 0.2) is 29.2 Å². The van der Waals surface area contributed by atoms with Crippen LogP contribution in [0.5, 0.6) is 0 Å². The lowest BCUT2D eigenvalue weighted by Gasteiger charge is -2.39. The molecule has 2 atom stereocenters. The van der Waals surface area contributed by atoms with Gasteiger partial charge in [0.15, 0.2) is 9.84 Å². The summed E-state index contributed by atoms with van der Waals surface area (Å²) < 4.78 is 23.4. The average molecular weight is 335 g/mol. The highest BCUT2D eigenvalue weighted by molar-refractivity contribution is 7.90. The zero-order valence-electron chi connectivity index (χ0n) is 14.3. The van der Waals surface area contributed by atoms with Crippen LogP contribution in [0.1, 0.15) is 50.4 Å². The van der Waals surface area contributed by atoms with Crippen molar-refractivity contribution >= 4 is 15.7 Å². The molecule has 0 aromatic heterocycles. The molecule has 1 aromatic carbocycles. The fourth-order valence-corrected chi connectivity index (χ4v) is 5.39. The first-order valence-electron chi connectivity index (χ1n) is 8.10. The van der Waals surface area contributed by atoms with Crippen molar-refractivity contribution in [1.82, 2.24) is 4.90 Å². The third kappa shape index (κ3) is 3.16. The van der Waals surface area contributed by atoms with Gasteiger partial charge in [-0.2, -0.15) is 0 Å². The molecule has 2 fully saturated rings. The Kier molecular flexibility index (Phi) is 3.63. The molecule has 2 unspecified atom stereocenters. The van der Waals surface area contributed by atoms with Gasteiger partial charge in [0, 0.05) is 24.4 Å². The van der Waals surface area contributed by atoms with Crippen molar-refractivity contribution in [3.63, 3.8) is 0 Å². The van der Waals surface area contributed by atoms with Gasteiger partial charge >= 0.3 is 0 Å². The minimum Gasteiger partial charge on any atom is -0.335 e. The molecular formula is C18H25NO3S. The monoisotopic (exact) mass is 335 g/mol. The average Bonchev–Trinajstić information content (AvgIpc) is 2.66. The van der Waals surface area contributed by atoms with Crippen LogP contribution in [0.4, 0.5) is 0 Å². The summed E-state index contributed by atoms with van der Waals surface area (Å²) in [5, 5.41) is 0. The number of amides is 1. The lowest BCUT2D eigenvalue weighted by atomic mass is 9.65. The van der Waals surface area contributed by atoms with E-state index in [9.17, 15) is 13.2 Å². The van der Waals surface area contributed by atoms with Crippen LogP contribution in [-0.2, 0) is 9.84 Å². The van der Waals surface area contributed by atoms with Crippen molar-refractivity contribution in [2.75, 3.05) is 12.8 Å². The predicted octanol–water partition coefficient (Wildman–Crippen LogP) is 3.13. The minimum atomic E-state index is -3.30. The molecule has 1 aromatic rings. The first-order chi connectivity index (χ1) is 10.5. The van der Waals surface area contributed by atoms with E-state index in [0.29, 0.717) is 5.56 Å². The summed E-state index contributed by atoms with van der Waals surface area (Å²) in [6, 6.07) is 6.68. The Labute approximate surface area is 138 Å². The molecule has 1 heterocycles. The second-order valence-electron chi connectivity index (χ2n) is 8.45. The van der Waals surface area contributed by atoms with Crippen molar-refractivity contribution in [1.29, 1.82) is 0 Å². The molecule has 1 aliphatic heterocycles. The van der Waals surface area contributed by atoms with Gasteiger partial charge in [0.2, 0.25) is 0 Å². The van der Waals surface area contributed by atoms with Gasteiger partial charge in [-0.3, -0.25) is 4.79 Å². The quantitative estimate of drug-likeness (QED) is 0.834. The molecule has 5 heteroatoms. The van der Waals surface area contributed by atoms with Crippen molar-refractivity contribution < 1.29 is 13.2 Å². The number of likely N-dealkylation sites (tertiary alicyclic amines) is 1. The molecule has 0 radical (unpaired) electrons. The number of carbonyl (C=O) groups is 1. The van der Waals surface area contributed by atoms with E-state index in [-0.39, 0.29) is 27.7 Å². The highest BCUT2D eigenvalue weighted by atomic mass is 32.2. The van der Waals surface area contributed by atoms with Crippen LogP contribution in [0.25, 0.3) is 0 Å². The highest BCUT2D eigenvalue weighted by Gasteiger charge is 2.51. The Morgan fingerprint density at radius 2 is 1.91 bits per heavy atom. The summed E-state index contributed by atoms with van der Waals surface area (Å²) in [4.78, 5) is 15.1. The Morgan fingerprint density at radius 1 is 1.22 bits per heavy atom. The van der Waals surface area contributed by atoms with Gasteiger partial charge in [-0.15, -0.1) is 0 Å². The summed E-state index contributed by atoms with van der Waals surface area (Å²) in [5.74, 6) is -0.0399. The summed E-state index contributed by atoms with van der Waals surface area (Å²) >= 11 is 0. The van der Waals surface area contributed by atoms with Gasteiger partial charge in [0.05, 0.1) is 4.90 Å².